The monoisotopic (exact) mass is 1220 g/mol. The maximum absolute atomic E-state index is 5.14. The second-order valence-electron chi connectivity index (χ2n) is 32.5. The number of hydrogen-bond donors (Lipinski definition) is 0. The fourth-order valence-corrected chi connectivity index (χ4v) is 22.3. The molecule has 10 atom stereocenters. The predicted octanol–water partition coefficient (Wildman–Crippen LogP) is 23.6. The summed E-state index contributed by atoms with van der Waals surface area (Å²) in [6, 6.07) is 22.7. The summed E-state index contributed by atoms with van der Waals surface area (Å²) in [5.74, 6) is 4.57. The molecule has 470 valence electrons. The molecule has 0 spiro atoms. The molecule has 15 aliphatic rings. The van der Waals surface area contributed by atoms with Crippen LogP contribution in [0.25, 0.3) is 33.6 Å². The summed E-state index contributed by atoms with van der Waals surface area (Å²) >= 11 is 0. The van der Waals surface area contributed by atoms with Gasteiger partial charge in [0.15, 0.2) is 0 Å². The molecule has 0 N–H and O–H groups in total. The van der Waals surface area contributed by atoms with Gasteiger partial charge in [0.2, 0.25) is 0 Å². The topological polar surface area (TPSA) is 0 Å². The summed E-state index contributed by atoms with van der Waals surface area (Å²) < 4.78 is 0. The van der Waals surface area contributed by atoms with Crippen LogP contribution in [0.4, 0.5) is 0 Å². The van der Waals surface area contributed by atoms with Crippen LogP contribution in [-0.2, 0) is 30.1 Å². The number of rotatable bonds is 7. The lowest BCUT2D eigenvalue weighted by atomic mass is 9.59. The van der Waals surface area contributed by atoms with E-state index in [2.05, 4.69) is 217 Å². The van der Waals surface area contributed by atoms with Crippen molar-refractivity contribution in [3.63, 3.8) is 0 Å². The lowest BCUT2D eigenvalue weighted by Gasteiger charge is -2.45. The quantitative estimate of drug-likeness (QED) is 0.128. The van der Waals surface area contributed by atoms with Gasteiger partial charge in [0, 0.05) is 28.6 Å². The van der Waals surface area contributed by atoms with Gasteiger partial charge in [0.25, 0.3) is 0 Å². The van der Waals surface area contributed by atoms with Gasteiger partial charge in [-0.1, -0.05) is 226 Å². The molecule has 0 nitrogen and oxygen atoms in total. The van der Waals surface area contributed by atoms with Crippen molar-refractivity contribution in [1.82, 2.24) is 0 Å². The van der Waals surface area contributed by atoms with Crippen molar-refractivity contribution in [3.05, 3.63) is 311 Å². The van der Waals surface area contributed by atoms with Crippen LogP contribution in [0.15, 0.2) is 243 Å². The highest BCUT2D eigenvalue weighted by molar-refractivity contribution is 6.03. The van der Waals surface area contributed by atoms with Crippen LogP contribution in [0.5, 0.6) is 0 Å². The SMILES string of the molecule is C=C([CH-]C1C=C(c2c3c(cc4ccccc24)C=CCC3)C=C2c3cc4c(cc3CC21)C(C)(C)c1cc2c(cc1C4(C)C)CC1C2=CC(C2C3=C(C=C4C=CCCC42)CCC=C3)=CC1/C=C(\C)C1C2=C(C=CCC2)CC2CCC=CC21)C1=C2C=CCCC2CC2=C1C=CCC2. The fourth-order valence-electron chi connectivity index (χ4n) is 22.3. The van der Waals surface area contributed by atoms with Crippen molar-refractivity contribution in [2.45, 2.75) is 161 Å². The van der Waals surface area contributed by atoms with Gasteiger partial charge in [0.1, 0.15) is 0 Å². The first-order chi connectivity index (χ1) is 45.9. The Balaban J connectivity index is 0.732. The largest absolute Gasteiger partial charge is 0.198 e. The zero-order valence-corrected chi connectivity index (χ0v) is 56.5. The summed E-state index contributed by atoms with van der Waals surface area (Å²) in [5, 5.41) is 2.71. The van der Waals surface area contributed by atoms with E-state index in [1.54, 1.807) is 55.7 Å². The molecule has 0 radical (unpaired) electrons. The predicted molar refractivity (Wildman–Crippen MR) is 396 cm³/mol. The van der Waals surface area contributed by atoms with Crippen molar-refractivity contribution in [3.8, 4) is 0 Å². The zero-order chi connectivity index (χ0) is 62.9. The third-order valence-electron chi connectivity index (χ3n) is 26.8. The molecule has 0 heterocycles. The molecule has 19 rings (SSSR count). The van der Waals surface area contributed by atoms with Crippen LogP contribution in [0.2, 0.25) is 0 Å². The van der Waals surface area contributed by atoms with Crippen molar-refractivity contribution in [2.24, 2.45) is 59.2 Å². The van der Waals surface area contributed by atoms with Gasteiger partial charge in [-0.3, -0.25) is 0 Å². The van der Waals surface area contributed by atoms with E-state index in [0.717, 1.165) is 50.9 Å². The first-order valence-corrected chi connectivity index (χ1v) is 37.2. The van der Waals surface area contributed by atoms with E-state index in [-0.39, 0.29) is 16.7 Å². The molecule has 15 aliphatic carbocycles. The minimum absolute atomic E-state index is 0.183. The Morgan fingerprint density at radius 1 is 0.585 bits per heavy atom. The normalized spacial score (nSPS) is 30.6. The fraction of sp³-hybridized carbons (Fsp3) is 0.372. The number of hydrogen-bond acceptors (Lipinski definition) is 0. The third kappa shape index (κ3) is 8.91. The van der Waals surface area contributed by atoms with Gasteiger partial charge in [0.05, 0.1) is 0 Å². The Bertz CT molecular complexity index is 4640. The van der Waals surface area contributed by atoms with Crippen LogP contribution in [-0.4, -0.2) is 0 Å². The van der Waals surface area contributed by atoms with E-state index < -0.39 is 0 Å². The van der Waals surface area contributed by atoms with E-state index >= 15 is 0 Å². The maximum Gasteiger partial charge on any atom is 0.0158 e. The minimum Gasteiger partial charge on any atom is -0.198 e. The van der Waals surface area contributed by atoms with Crippen LogP contribution >= 0.6 is 0 Å². The Morgan fingerprint density at radius 3 is 2.15 bits per heavy atom. The summed E-state index contributed by atoms with van der Waals surface area (Å²) in [5.41, 5.74) is 39.4. The molecule has 0 aromatic heterocycles. The molecule has 0 bridgehead atoms. The molecule has 0 saturated carbocycles. The highest BCUT2D eigenvalue weighted by Gasteiger charge is 2.48. The molecule has 4 aromatic carbocycles. The molecular weight excluding hydrogens is 1130 g/mol. The summed E-state index contributed by atoms with van der Waals surface area (Å²) in [6.07, 6.45) is 75.1. The van der Waals surface area contributed by atoms with E-state index in [1.165, 1.54) is 170 Å². The molecule has 4 aromatic rings. The van der Waals surface area contributed by atoms with E-state index in [4.69, 9.17) is 6.58 Å². The van der Waals surface area contributed by atoms with Crippen LogP contribution < -0.4 is 0 Å². The van der Waals surface area contributed by atoms with Crippen molar-refractivity contribution < 1.29 is 0 Å². The Kier molecular flexibility index (Phi) is 13.5. The average Bonchev–Trinajstić information content (AvgIpc) is 1.38. The van der Waals surface area contributed by atoms with Gasteiger partial charge in [-0.15, -0.1) is 5.57 Å². The third-order valence-corrected chi connectivity index (χ3v) is 26.8. The number of benzene rings is 4. The second kappa shape index (κ2) is 21.9. The second-order valence-corrected chi connectivity index (χ2v) is 32.5. The molecule has 0 saturated heterocycles. The first-order valence-electron chi connectivity index (χ1n) is 37.2. The maximum atomic E-state index is 5.14. The van der Waals surface area contributed by atoms with Crippen LogP contribution in [0.1, 0.15) is 192 Å². The molecule has 10 unspecified atom stereocenters. The van der Waals surface area contributed by atoms with Gasteiger partial charge < -0.3 is 0 Å². The Labute approximate surface area is 561 Å². The summed E-state index contributed by atoms with van der Waals surface area (Å²) in [7, 11) is 0. The number of allylic oxidation sites excluding steroid dienone is 34. The Hall–Kier alpha value is -7.67. The molecule has 0 amide bonds. The van der Waals surface area contributed by atoms with Gasteiger partial charge in [-0.05, 0) is 287 Å². The highest BCUT2D eigenvalue weighted by Crippen LogP contribution is 2.60. The molecule has 0 aliphatic heterocycles. The van der Waals surface area contributed by atoms with Gasteiger partial charge >= 0.3 is 0 Å². The first kappa shape index (κ1) is 57.7. The van der Waals surface area contributed by atoms with E-state index in [9.17, 15) is 0 Å². The molecule has 0 heteroatoms. The summed E-state index contributed by atoms with van der Waals surface area (Å²) in [4.78, 5) is 0. The lowest BCUT2D eigenvalue weighted by Crippen LogP contribution is -2.37. The Morgan fingerprint density at radius 2 is 1.29 bits per heavy atom. The highest BCUT2D eigenvalue weighted by atomic mass is 14.5. The standard InChI is InChI=1S/C94H93/c1-55(89-71-31-15-7-23-57(71)41-58-24-8-16-32-72(58)89)39-65-45-69(91-75-35-19-11-27-61(75)43-62-28-12-20-36-76(62)91)49-83-79(65)47-67-51-85-87(53-81(67)83)94(5,6)86-52-68-48-80-66(40-56(2)90-73-33-17-9-25-59(73)42-60-26-10-18-34-74(60)90)46-70(50-84(80)82(68)54-88(86)93(85,3)4)92-77-37-21-13-29-63(77)44-64-30-14-22-38-78(64)92/h9,11-13,15-16,18-19,22,25,27-29,31-32,34-35,38-40,43-46,49-54,57,60,65-66,74,77,79-80,90,92H,1,7-8,10,14,17,20-21,23-24,26,30,33,36-37,41-42,47-48H2,2-6H3/q-1/b56-40+. The van der Waals surface area contributed by atoms with Crippen molar-refractivity contribution >= 4 is 33.6 Å². The average molecular weight is 1220 g/mol. The number of fused-ring (bicyclic) bond motifs is 13. The van der Waals surface area contributed by atoms with Crippen LogP contribution in [0.3, 0.4) is 0 Å². The smallest absolute Gasteiger partial charge is 0.0158 e. The molecule has 0 fully saturated rings. The lowest BCUT2D eigenvalue weighted by molar-refractivity contribution is 0.276. The zero-order valence-electron chi connectivity index (χ0n) is 56.5. The minimum atomic E-state index is -0.211. The van der Waals surface area contributed by atoms with Gasteiger partial charge in [-0.2, -0.15) is 18.6 Å². The molecule has 94 heavy (non-hydrogen) atoms. The van der Waals surface area contributed by atoms with Gasteiger partial charge in [-0.25, -0.2) is 0 Å². The van der Waals surface area contributed by atoms with Crippen molar-refractivity contribution in [1.29, 1.82) is 0 Å². The summed E-state index contributed by atoms with van der Waals surface area (Å²) in [6.45, 7) is 18.0. The van der Waals surface area contributed by atoms with E-state index in [0.29, 0.717) is 47.3 Å². The van der Waals surface area contributed by atoms with E-state index in [1.807, 2.05) is 0 Å². The van der Waals surface area contributed by atoms with Crippen molar-refractivity contribution in [2.75, 3.05) is 0 Å². The van der Waals surface area contributed by atoms with Crippen LogP contribution in [0, 0.1) is 65.6 Å². The molecular formula is C94H93-.